The monoisotopic (exact) mass is 279 g/mol. The Morgan fingerprint density at radius 3 is 3.00 bits per heavy atom. The van der Waals surface area contributed by atoms with E-state index in [9.17, 15) is 4.79 Å². The van der Waals surface area contributed by atoms with Crippen molar-refractivity contribution >= 4 is 23.2 Å². The Balaban J connectivity index is 1.87. The van der Waals surface area contributed by atoms with Gasteiger partial charge in [0.05, 0.1) is 12.0 Å². The van der Waals surface area contributed by atoms with Gasteiger partial charge in [-0.3, -0.25) is 4.79 Å². The minimum absolute atomic E-state index is 0.00994. The summed E-state index contributed by atoms with van der Waals surface area (Å²) in [6.07, 6.45) is 2.44. The van der Waals surface area contributed by atoms with Gasteiger partial charge in [0, 0.05) is 31.7 Å². The Morgan fingerprint density at radius 1 is 1.42 bits per heavy atom. The molecule has 3 rings (SSSR count). The number of ether oxygens (including phenoxy) is 1. The van der Waals surface area contributed by atoms with Gasteiger partial charge >= 0.3 is 0 Å². The van der Waals surface area contributed by atoms with Crippen LogP contribution >= 0.6 is 11.6 Å². The third-order valence-corrected chi connectivity index (χ3v) is 4.75. The first kappa shape index (κ1) is 12.9. The molecule has 2 aliphatic heterocycles. The third kappa shape index (κ3) is 2.37. The normalized spacial score (nSPS) is 24.4. The number of anilines is 1. The topological polar surface area (TPSA) is 29.5 Å². The van der Waals surface area contributed by atoms with Crippen molar-refractivity contribution in [3.05, 3.63) is 29.3 Å². The smallest absolute Gasteiger partial charge is 0.227 e. The van der Waals surface area contributed by atoms with Crippen LogP contribution in [0.15, 0.2) is 18.2 Å². The Kier molecular flexibility index (Phi) is 3.50. The van der Waals surface area contributed by atoms with Crippen LogP contribution in [0, 0.1) is 5.92 Å². The van der Waals surface area contributed by atoms with E-state index < -0.39 is 0 Å². The van der Waals surface area contributed by atoms with Crippen molar-refractivity contribution < 1.29 is 9.53 Å². The summed E-state index contributed by atoms with van der Waals surface area (Å²) in [7, 11) is 1.84. The van der Waals surface area contributed by atoms with Crippen LogP contribution in [0.3, 0.4) is 0 Å². The number of nitrogens with zero attached hydrogens (tertiary/aromatic N) is 1. The summed E-state index contributed by atoms with van der Waals surface area (Å²) in [5.74, 6) is 0.592. The number of hydrogen-bond acceptors (Lipinski definition) is 2. The van der Waals surface area contributed by atoms with E-state index in [-0.39, 0.29) is 11.3 Å². The molecule has 2 atom stereocenters. The minimum atomic E-state index is 0.00994. The lowest BCUT2D eigenvalue weighted by Crippen LogP contribution is -2.31. The molecule has 1 amide bonds. The molecule has 102 valence electrons. The summed E-state index contributed by atoms with van der Waals surface area (Å²) in [4.78, 5) is 13.4. The SMILES string of the molecule is CN1C(=O)CCc2cc(C(Cl)C3CCOC3)ccc21. The van der Waals surface area contributed by atoms with Gasteiger partial charge in [-0.1, -0.05) is 12.1 Å². The molecule has 3 nitrogen and oxygen atoms in total. The van der Waals surface area contributed by atoms with Crippen LogP contribution in [0.2, 0.25) is 0 Å². The Labute approximate surface area is 118 Å². The number of fused-ring (bicyclic) bond motifs is 1. The van der Waals surface area contributed by atoms with Crippen molar-refractivity contribution in [2.75, 3.05) is 25.2 Å². The van der Waals surface area contributed by atoms with Crippen LogP contribution in [0.5, 0.6) is 0 Å². The van der Waals surface area contributed by atoms with E-state index in [1.807, 2.05) is 19.2 Å². The number of halogens is 1. The molecule has 0 spiro atoms. The average Bonchev–Trinajstić information content (AvgIpc) is 2.96. The summed E-state index contributed by atoms with van der Waals surface area (Å²) in [6.45, 7) is 1.57. The van der Waals surface area contributed by atoms with Gasteiger partial charge in [0.2, 0.25) is 5.91 Å². The zero-order valence-corrected chi connectivity index (χ0v) is 11.8. The maximum absolute atomic E-state index is 11.7. The molecule has 19 heavy (non-hydrogen) atoms. The van der Waals surface area contributed by atoms with Crippen molar-refractivity contribution in [2.45, 2.75) is 24.6 Å². The highest BCUT2D eigenvalue weighted by Gasteiger charge is 2.27. The lowest BCUT2D eigenvalue weighted by molar-refractivity contribution is -0.118. The fourth-order valence-corrected chi connectivity index (χ4v) is 3.24. The number of carbonyl (C=O) groups is 1. The van der Waals surface area contributed by atoms with Gasteiger partial charge < -0.3 is 9.64 Å². The summed E-state index contributed by atoms with van der Waals surface area (Å²) in [5.41, 5.74) is 3.40. The van der Waals surface area contributed by atoms with Crippen molar-refractivity contribution in [2.24, 2.45) is 5.92 Å². The second-order valence-electron chi connectivity index (χ2n) is 5.37. The molecule has 4 heteroatoms. The molecule has 0 N–H and O–H groups in total. The first-order valence-electron chi connectivity index (χ1n) is 6.78. The van der Waals surface area contributed by atoms with Crippen molar-refractivity contribution in [3.8, 4) is 0 Å². The van der Waals surface area contributed by atoms with Crippen LogP contribution in [-0.4, -0.2) is 26.2 Å². The molecule has 2 heterocycles. The number of carbonyl (C=O) groups excluding carboxylic acids is 1. The van der Waals surface area contributed by atoms with Crippen molar-refractivity contribution in [1.29, 1.82) is 0 Å². The second-order valence-corrected chi connectivity index (χ2v) is 5.84. The predicted molar refractivity (Wildman–Crippen MR) is 75.7 cm³/mol. The van der Waals surface area contributed by atoms with Crippen LogP contribution in [0.4, 0.5) is 5.69 Å². The molecule has 1 saturated heterocycles. The molecular weight excluding hydrogens is 262 g/mol. The Bertz CT molecular complexity index is 497. The molecular formula is C15H18ClNO2. The number of aryl methyl sites for hydroxylation is 1. The van der Waals surface area contributed by atoms with Gasteiger partial charge in [0.1, 0.15) is 0 Å². The molecule has 2 unspecified atom stereocenters. The molecule has 1 fully saturated rings. The minimum Gasteiger partial charge on any atom is -0.381 e. The molecule has 0 saturated carbocycles. The molecule has 1 aromatic carbocycles. The van der Waals surface area contributed by atoms with E-state index in [0.717, 1.165) is 37.3 Å². The maximum Gasteiger partial charge on any atom is 0.227 e. The Morgan fingerprint density at radius 2 is 2.26 bits per heavy atom. The fraction of sp³-hybridized carbons (Fsp3) is 0.533. The number of hydrogen-bond donors (Lipinski definition) is 0. The fourth-order valence-electron chi connectivity index (χ4n) is 2.90. The van der Waals surface area contributed by atoms with E-state index in [1.165, 1.54) is 5.56 Å². The molecule has 0 bridgehead atoms. The highest BCUT2D eigenvalue weighted by atomic mass is 35.5. The van der Waals surface area contributed by atoms with Crippen LogP contribution in [-0.2, 0) is 16.0 Å². The van der Waals surface area contributed by atoms with E-state index in [2.05, 4.69) is 6.07 Å². The van der Waals surface area contributed by atoms with E-state index in [0.29, 0.717) is 12.3 Å². The number of alkyl halides is 1. The second kappa shape index (κ2) is 5.14. The van der Waals surface area contributed by atoms with Crippen molar-refractivity contribution in [1.82, 2.24) is 0 Å². The summed E-state index contributed by atoms with van der Waals surface area (Å²) >= 11 is 6.56. The summed E-state index contributed by atoms with van der Waals surface area (Å²) < 4.78 is 5.41. The Hall–Kier alpha value is -1.06. The van der Waals surface area contributed by atoms with Crippen LogP contribution in [0.25, 0.3) is 0 Å². The van der Waals surface area contributed by atoms with Gasteiger partial charge in [0.15, 0.2) is 0 Å². The zero-order chi connectivity index (χ0) is 13.4. The van der Waals surface area contributed by atoms with Gasteiger partial charge in [-0.25, -0.2) is 0 Å². The number of rotatable bonds is 2. The number of benzene rings is 1. The lowest BCUT2D eigenvalue weighted by Gasteiger charge is -2.27. The van der Waals surface area contributed by atoms with Gasteiger partial charge in [0.25, 0.3) is 0 Å². The van der Waals surface area contributed by atoms with E-state index in [4.69, 9.17) is 16.3 Å². The maximum atomic E-state index is 11.7. The van der Waals surface area contributed by atoms with Gasteiger partial charge in [-0.05, 0) is 30.0 Å². The first-order valence-corrected chi connectivity index (χ1v) is 7.21. The third-order valence-electron chi connectivity index (χ3n) is 4.14. The average molecular weight is 280 g/mol. The quantitative estimate of drug-likeness (QED) is 0.779. The van der Waals surface area contributed by atoms with Crippen LogP contribution in [0.1, 0.15) is 29.3 Å². The standard InChI is InChI=1S/C15H18ClNO2/c1-17-13-4-2-11(8-10(13)3-5-14(17)18)15(16)12-6-7-19-9-12/h2,4,8,12,15H,3,5-7,9H2,1H3. The molecule has 1 aromatic rings. The summed E-state index contributed by atoms with van der Waals surface area (Å²) in [6, 6.07) is 6.23. The highest BCUT2D eigenvalue weighted by molar-refractivity contribution is 6.21. The van der Waals surface area contributed by atoms with Crippen molar-refractivity contribution in [3.63, 3.8) is 0 Å². The van der Waals surface area contributed by atoms with E-state index in [1.54, 1.807) is 4.90 Å². The molecule has 0 radical (unpaired) electrons. The van der Waals surface area contributed by atoms with Crippen LogP contribution < -0.4 is 4.90 Å². The highest BCUT2D eigenvalue weighted by Crippen LogP contribution is 2.37. The van der Waals surface area contributed by atoms with Gasteiger partial charge in [-0.15, -0.1) is 11.6 Å². The predicted octanol–water partition coefficient (Wildman–Crippen LogP) is 2.91. The molecule has 2 aliphatic rings. The lowest BCUT2D eigenvalue weighted by atomic mass is 9.93. The first-order chi connectivity index (χ1) is 9.16. The zero-order valence-electron chi connectivity index (χ0n) is 11.1. The molecule has 0 aromatic heterocycles. The van der Waals surface area contributed by atoms with Gasteiger partial charge in [-0.2, -0.15) is 0 Å². The number of amides is 1. The van der Waals surface area contributed by atoms with E-state index >= 15 is 0 Å². The summed E-state index contributed by atoms with van der Waals surface area (Å²) in [5, 5.41) is 0.00994. The molecule has 0 aliphatic carbocycles. The largest absolute Gasteiger partial charge is 0.381 e.